The fraction of sp³-hybridized carbons (Fsp3) is 0.219. The number of imide groups is 2. The Morgan fingerprint density at radius 1 is 0.712 bits per heavy atom. The Hall–Kier alpha value is -5.96. The predicted octanol–water partition coefficient (Wildman–Crippen LogP) is 2.63. The Bertz CT molecular complexity index is 2480. The molecule has 2 aliphatic rings. The highest BCUT2D eigenvalue weighted by Crippen LogP contribution is 2.35. The van der Waals surface area contributed by atoms with Crippen LogP contribution in [0, 0.1) is 20.2 Å². The third kappa shape index (κ3) is 7.68. The average Bonchev–Trinajstić information content (AvgIpc) is 3.08. The van der Waals surface area contributed by atoms with Gasteiger partial charge < -0.3 is 5.32 Å². The lowest BCUT2D eigenvalue weighted by Gasteiger charge is -2.27. The number of amides is 4. The molecule has 2 heterocycles. The quantitative estimate of drug-likeness (QED) is 0.0557. The Labute approximate surface area is 295 Å². The maximum atomic E-state index is 13.3. The summed E-state index contributed by atoms with van der Waals surface area (Å²) < 4.78 is 49.9. The Morgan fingerprint density at radius 3 is 1.56 bits per heavy atom. The van der Waals surface area contributed by atoms with E-state index in [0.29, 0.717) is 27.8 Å². The summed E-state index contributed by atoms with van der Waals surface area (Å²) in [5, 5.41) is 27.2. The lowest BCUT2D eigenvalue weighted by molar-refractivity contribution is -0.384. The summed E-state index contributed by atoms with van der Waals surface area (Å²) in [6.45, 7) is -0.195. The number of nitro groups is 2. The molecular weight excluding hydrogens is 727 g/mol. The predicted molar refractivity (Wildman–Crippen MR) is 185 cm³/mol. The standard InChI is InChI=1S/C31H23N5O10S.CH4O3S/c37-28-22-5-1-3-17-13-19(35(41)42)15-24(26(17)22)30(39)33(28)11-8-21(47(45)46)7-9-32-10-12-34-29(38)23-6-2-4-18-14-20(36(43)44)16-25(27(18)23)31(34)40;1-5(2,3)4/h1-6,13-16,32H,7-12H2;1H3,(H,2,3,4). The first-order chi connectivity index (χ1) is 24.5. The molecule has 0 saturated heterocycles. The highest BCUT2D eigenvalue weighted by atomic mass is 32.2. The van der Waals surface area contributed by atoms with Gasteiger partial charge in [-0.2, -0.15) is 16.8 Å². The molecule has 20 heteroatoms. The monoisotopic (exact) mass is 753 g/mol. The molecule has 6 rings (SSSR count). The van der Waals surface area contributed by atoms with Crippen LogP contribution in [0.1, 0.15) is 54.3 Å². The normalized spacial score (nSPS) is 13.7. The molecule has 0 aromatic heterocycles. The van der Waals surface area contributed by atoms with Gasteiger partial charge in [0.1, 0.15) is 0 Å². The average molecular weight is 754 g/mol. The van der Waals surface area contributed by atoms with Gasteiger partial charge in [0.05, 0.1) is 32.1 Å². The lowest BCUT2D eigenvalue weighted by atomic mass is 9.93. The zero-order valence-corrected chi connectivity index (χ0v) is 28.6. The number of hydrogen-bond acceptors (Lipinski definition) is 13. The molecule has 0 radical (unpaired) electrons. The minimum atomic E-state index is -3.67. The summed E-state index contributed by atoms with van der Waals surface area (Å²) in [5.41, 5.74) is -0.173. The number of carbonyl (C=O) groups excluding carboxylic acids is 4. The number of nitrogens with one attached hydrogen (secondary N) is 1. The van der Waals surface area contributed by atoms with Crippen LogP contribution in [0.15, 0.2) is 60.7 Å². The second-order valence-electron chi connectivity index (χ2n) is 11.6. The minimum absolute atomic E-state index is 0.000752. The number of carbonyl (C=O) groups is 4. The van der Waals surface area contributed by atoms with Gasteiger partial charge in [0.15, 0.2) is 0 Å². The lowest BCUT2D eigenvalue weighted by Crippen LogP contribution is -2.44. The second kappa shape index (κ2) is 14.7. The molecule has 2 N–H and O–H groups in total. The molecule has 2 aliphatic heterocycles. The summed E-state index contributed by atoms with van der Waals surface area (Å²) >= 11 is 0. The number of rotatable bonds is 11. The minimum Gasteiger partial charge on any atom is -0.315 e. The molecule has 18 nitrogen and oxygen atoms in total. The first-order valence-electron chi connectivity index (χ1n) is 15.2. The molecule has 0 spiro atoms. The van der Waals surface area contributed by atoms with Crippen molar-refractivity contribution in [3.63, 3.8) is 0 Å². The second-order valence-corrected chi connectivity index (χ2v) is 14.1. The third-order valence-corrected chi connectivity index (χ3v) is 9.07. The molecular formula is C32H27N5O13S2. The fourth-order valence-electron chi connectivity index (χ4n) is 5.97. The van der Waals surface area contributed by atoms with Crippen molar-refractivity contribution in [1.29, 1.82) is 0 Å². The van der Waals surface area contributed by atoms with Gasteiger partial charge in [0.2, 0.25) is 10.3 Å². The Balaban J connectivity index is 0.000000979. The summed E-state index contributed by atoms with van der Waals surface area (Å²) in [5.74, 6) is -2.66. The molecule has 0 bridgehead atoms. The summed E-state index contributed by atoms with van der Waals surface area (Å²) in [6.07, 6.45) is 0.519. The van der Waals surface area contributed by atoms with Crippen LogP contribution < -0.4 is 5.32 Å². The topological polar surface area (TPSA) is 262 Å². The van der Waals surface area contributed by atoms with E-state index in [-0.39, 0.29) is 77.5 Å². The van der Waals surface area contributed by atoms with Crippen LogP contribution >= 0.6 is 0 Å². The number of benzene rings is 4. The first kappa shape index (κ1) is 37.3. The molecule has 0 fully saturated rings. The smallest absolute Gasteiger partial charge is 0.270 e. The van der Waals surface area contributed by atoms with Crippen molar-refractivity contribution in [2.45, 2.75) is 12.8 Å². The van der Waals surface area contributed by atoms with E-state index in [9.17, 15) is 56.2 Å². The summed E-state index contributed by atoms with van der Waals surface area (Å²) in [7, 11) is -6.33. The van der Waals surface area contributed by atoms with Gasteiger partial charge in [-0.3, -0.25) is 53.8 Å². The molecule has 270 valence electrons. The Kier molecular flexibility index (Phi) is 10.6. The maximum Gasteiger partial charge on any atom is 0.270 e. The largest absolute Gasteiger partial charge is 0.315 e. The van der Waals surface area contributed by atoms with E-state index in [1.807, 2.05) is 0 Å². The fourth-order valence-corrected chi connectivity index (χ4v) is 6.50. The zero-order valence-electron chi connectivity index (χ0n) is 27.0. The van der Waals surface area contributed by atoms with Crippen molar-refractivity contribution in [2.75, 3.05) is 32.4 Å². The molecule has 4 aromatic carbocycles. The SMILES string of the molecule is CS(=O)(=O)O.O=C1c2cccc3cc([N+](=O)[O-])cc(c23)C(=O)N1CCNCCC(CCN1C(=O)c2cccc3cc([N+](=O)[O-])cc(c23)C1=O)=S(=O)=O. The highest BCUT2D eigenvalue weighted by molar-refractivity contribution is 7.85. The van der Waals surface area contributed by atoms with Crippen molar-refractivity contribution in [2.24, 2.45) is 0 Å². The van der Waals surface area contributed by atoms with E-state index in [4.69, 9.17) is 4.55 Å². The van der Waals surface area contributed by atoms with Crippen molar-refractivity contribution < 1.29 is 50.4 Å². The number of hydrogen-bond donors (Lipinski definition) is 2. The van der Waals surface area contributed by atoms with Gasteiger partial charge in [-0.1, -0.05) is 24.3 Å². The Morgan fingerprint density at radius 2 is 1.13 bits per heavy atom. The van der Waals surface area contributed by atoms with Crippen LogP contribution in [0.2, 0.25) is 0 Å². The van der Waals surface area contributed by atoms with Crippen LogP contribution in [-0.2, 0) is 20.4 Å². The third-order valence-electron chi connectivity index (χ3n) is 8.19. The number of nitrogens with zero attached hydrogens (tertiary/aromatic N) is 4. The first-order valence-corrected chi connectivity index (χ1v) is 18.1. The van der Waals surface area contributed by atoms with Crippen molar-refractivity contribution in [1.82, 2.24) is 15.1 Å². The van der Waals surface area contributed by atoms with Crippen LogP contribution in [0.4, 0.5) is 11.4 Å². The maximum absolute atomic E-state index is 13.3. The molecule has 0 aliphatic carbocycles. The molecule has 0 unspecified atom stereocenters. The van der Waals surface area contributed by atoms with Gasteiger partial charge in [-0.05, 0) is 35.9 Å². The van der Waals surface area contributed by atoms with Gasteiger partial charge in [0, 0.05) is 72.2 Å². The van der Waals surface area contributed by atoms with E-state index >= 15 is 0 Å². The zero-order chi connectivity index (χ0) is 38.1. The summed E-state index contributed by atoms with van der Waals surface area (Å²) in [4.78, 5) is 76.2. The van der Waals surface area contributed by atoms with E-state index in [0.717, 1.165) is 21.9 Å². The highest BCUT2D eigenvalue weighted by Gasteiger charge is 2.35. The molecule has 4 aromatic rings. The van der Waals surface area contributed by atoms with E-state index in [2.05, 4.69) is 5.32 Å². The molecule has 0 saturated carbocycles. The van der Waals surface area contributed by atoms with E-state index in [1.54, 1.807) is 24.3 Å². The number of non-ortho nitro benzene ring substituents is 2. The molecule has 52 heavy (non-hydrogen) atoms. The van der Waals surface area contributed by atoms with Gasteiger partial charge in [-0.25, -0.2) is 0 Å². The summed E-state index contributed by atoms with van der Waals surface area (Å²) in [6, 6.07) is 14.1. The van der Waals surface area contributed by atoms with Crippen molar-refractivity contribution >= 4 is 81.8 Å². The van der Waals surface area contributed by atoms with Crippen LogP contribution in [0.25, 0.3) is 21.5 Å². The van der Waals surface area contributed by atoms with E-state index < -0.39 is 53.9 Å². The van der Waals surface area contributed by atoms with Gasteiger partial charge in [-0.15, -0.1) is 0 Å². The van der Waals surface area contributed by atoms with Crippen molar-refractivity contribution in [3.8, 4) is 0 Å². The van der Waals surface area contributed by atoms with Gasteiger partial charge >= 0.3 is 0 Å². The molecule has 4 amide bonds. The van der Waals surface area contributed by atoms with Crippen LogP contribution in [0.5, 0.6) is 0 Å². The van der Waals surface area contributed by atoms with Crippen LogP contribution in [-0.4, -0.2) is 102 Å². The van der Waals surface area contributed by atoms with E-state index in [1.165, 1.54) is 24.3 Å². The van der Waals surface area contributed by atoms with Crippen molar-refractivity contribution in [3.05, 3.63) is 103 Å². The van der Waals surface area contributed by atoms with Gasteiger partial charge in [0.25, 0.3) is 45.1 Å². The number of nitro benzene ring substituents is 2. The van der Waals surface area contributed by atoms with Crippen LogP contribution in [0.3, 0.4) is 0 Å². The molecule has 0 atom stereocenters.